The number of ether oxygens (including phenoxy) is 3. The van der Waals surface area contributed by atoms with E-state index in [0.717, 1.165) is 0 Å². The smallest absolute Gasteiger partial charge is 0.246 e. The van der Waals surface area contributed by atoms with Crippen molar-refractivity contribution < 1.29 is 44.5 Å². The highest BCUT2D eigenvalue weighted by atomic mass is 32.1. The van der Waals surface area contributed by atoms with E-state index in [4.69, 9.17) is 19.3 Å². The van der Waals surface area contributed by atoms with E-state index in [1.54, 1.807) is 0 Å². The summed E-state index contributed by atoms with van der Waals surface area (Å²) >= 11 is 3.96. The highest BCUT2D eigenvalue weighted by Crippen LogP contribution is 2.27. The Kier molecular flexibility index (Phi) is 9.41. The highest BCUT2D eigenvalue weighted by molar-refractivity contribution is 7.80. The lowest BCUT2D eigenvalue weighted by atomic mass is 9.92. The molecule has 11 heteroatoms. The lowest BCUT2D eigenvalue weighted by Gasteiger charge is -2.45. The van der Waals surface area contributed by atoms with Crippen LogP contribution in [0.3, 0.4) is 0 Å². The third-order valence-corrected chi connectivity index (χ3v) is 3.61. The van der Waals surface area contributed by atoms with Gasteiger partial charge < -0.3 is 45.1 Å². The SMILES string of the molecule is O=C(COCCOCCS)NCC1(O)O[C@H](CO)[C@@H](O)[C@H](O)[C@H]1O. The van der Waals surface area contributed by atoms with Gasteiger partial charge in [-0.25, -0.2) is 0 Å². The zero-order valence-electron chi connectivity index (χ0n) is 13.1. The molecular formula is C13H25NO9S. The molecule has 0 bridgehead atoms. The van der Waals surface area contributed by atoms with Gasteiger partial charge in [0.15, 0.2) is 0 Å². The molecule has 0 spiro atoms. The number of carbonyl (C=O) groups excluding carboxylic acids is 1. The third kappa shape index (κ3) is 6.10. The quantitative estimate of drug-likeness (QED) is 0.151. The molecule has 1 aliphatic heterocycles. The molecule has 0 aliphatic carbocycles. The van der Waals surface area contributed by atoms with Crippen molar-refractivity contribution >= 4 is 18.5 Å². The van der Waals surface area contributed by atoms with Crippen LogP contribution in [0.1, 0.15) is 0 Å². The Morgan fingerprint density at radius 3 is 2.46 bits per heavy atom. The Morgan fingerprint density at radius 2 is 1.83 bits per heavy atom. The molecular weight excluding hydrogens is 346 g/mol. The summed E-state index contributed by atoms with van der Waals surface area (Å²) < 4.78 is 15.1. The van der Waals surface area contributed by atoms with Gasteiger partial charge in [-0.2, -0.15) is 12.6 Å². The molecule has 24 heavy (non-hydrogen) atoms. The number of nitrogens with one attached hydrogen (secondary N) is 1. The summed E-state index contributed by atoms with van der Waals surface area (Å²) in [7, 11) is 0. The first kappa shape index (κ1) is 21.5. The monoisotopic (exact) mass is 371 g/mol. The van der Waals surface area contributed by atoms with Gasteiger partial charge in [0.25, 0.3) is 0 Å². The van der Waals surface area contributed by atoms with Crippen molar-refractivity contribution in [3.05, 3.63) is 0 Å². The Morgan fingerprint density at radius 1 is 1.17 bits per heavy atom. The molecule has 0 aromatic rings. The molecule has 1 amide bonds. The van der Waals surface area contributed by atoms with Crippen molar-refractivity contribution in [2.45, 2.75) is 30.2 Å². The fourth-order valence-electron chi connectivity index (χ4n) is 2.09. The van der Waals surface area contributed by atoms with E-state index in [0.29, 0.717) is 19.0 Å². The van der Waals surface area contributed by atoms with E-state index < -0.39 is 49.3 Å². The van der Waals surface area contributed by atoms with Gasteiger partial charge in [0, 0.05) is 5.75 Å². The van der Waals surface area contributed by atoms with Crippen LogP contribution in [0.15, 0.2) is 0 Å². The summed E-state index contributed by atoms with van der Waals surface area (Å²) in [5.74, 6) is -2.36. The summed E-state index contributed by atoms with van der Waals surface area (Å²) in [6.45, 7) is -0.570. The number of hydrogen-bond acceptors (Lipinski definition) is 10. The molecule has 1 rings (SSSR count). The van der Waals surface area contributed by atoms with Crippen LogP contribution in [0.2, 0.25) is 0 Å². The Hall–Kier alpha value is -0.500. The van der Waals surface area contributed by atoms with Gasteiger partial charge in [-0.15, -0.1) is 0 Å². The number of thiol groups is 1. The molecule has 6 N–H and O–H groups in total. The van der Waals surface area contributed by atoms with E-state index >= 15 is 0 Å². The zero-order valence-corrected chi connectivity index (χ0v) is 14.0. The second-order valence-corrected chi connectivity index (χ2v) is 5.72. The van der Waals surface area contributed by atoms with Crippen LogP contribution in [-0.4, -0.2) is 107 Å². The average Bonchev–Trinajstić information content (AvgIpc) is 2.58. The lowest BCUT2D eigenvalue weighted by Crippen LogP contribution is -2.68. The number of aliphatic hydroxyl groups excluding tert-OH is 4. The summed E-state index contributed by atoms with van der Waals surface area (Å²) in [6, 6.07) is 0. The standard InChI is InChI=1S/C13H25NO9S/c15-5-8-10(17)11(18)12(19)13(20,23-8)7-14-9(16)6-22-2-1-21-3-4-24/h8,10-12,15,17-20,24H,1-7H2,(H,14,16)/t8-,10-,11+,12-,13?/m1/s1. The fourth-order valence-corrected chi connectivity index (χ4v) is 2.22. The normalized spacial score (nSPS) is 33.4. The Balaban J connectivity index is 2.37. The second kappa shape index (κ2) is 10.5. The largest absolute Gasteiger partial charge is 0.394 e. The predicted molar refractivity (Wildman–Crippen MR) is 83.4 cm³/mol. The van der Waals surface area contributed by atoms with Crippen LogP contribution in [0.5, 0.6) is 0 Å². The molecule has 1 unspecified atom stereocenters. The van der Waals surface area contributed by atoms with Crippen molar-refractivity contribution in [3.63, 3.8) is 0 Å². The Bertz CT molecular complexity index is 386. The first-order valence-electron chi connectivity index (χ1n) is 7.44. The molecule has 10 nitrogen and oxygen atoms in total. The third-order valence-electron chi connectivity index (χ3n) is 3.43. The van der Waals surface area contributed by atoms with Gasteiger partial charge in [0.1, 0.15) is 31.0 Å². The van der Waals surface area contributed by atoms with E-state index in [2.05, 4.69) is 17.9 Å². The second-order valence-electron chi connectivity index (χ2n) is 5.28. The van der Waals surface area contributed by atoms with Gasteiger partial charge in [-0.3, -0.25) is 4.79 Å². The molecule has 1 heterocycles. The number of rotatable bonds is 10. The summed E-state index contributed by atoms with van der Waals surface area (Å²) in [5.41, 5.74) is 0. The topological polar surface area (TPSA) is 158 Å². The minimum atomic E-state index is -2.35. The maximum absolute atomic E-state index is 11.6. The molecule has 0 aromatic carbocycles. The molecule has 1 aliphatic rings. The van der Waals surface area contributed by atoms with E-state index in [-0.39, 0.29) is 13.2 Å². The van der Waals surface area contributed by atoms with Gasteiger partial charge in [-0.05, 0) is 0 Å². The minimum absolute atomic E-state index is 0.197. The summed E-state index contributed by atoms with van der Waals surface area (Å²) in [6.07, 6.45) is -6.48. The number of amides is 1. The zero-order chi connectivity index (χ0) is 18.2. The number of carbonyl (C=O) groups is 1. The Labute approximate surface area is 144 Å². The van der Waals surface area contributed by atoms with Crippen molar-refractivity contribution in [3.8, 4) is 0 Å². The molecule has 0 radical (unpaired) electrons. The summed E-state index contributed by atoms with van der Waals surface area (Å²) in [4.78, 5) is 11.6. The first-order valence-corrected chi connectivity index (χ1v) is 8.07. The fraction of sp³-hybridized carbons (Fsp3) is 0.923. The van der Waals surface area contributed by atoms with Gasteiger partial charge in [-0.1, -0.05) is 0 Å². The van der Waals surface area contributed by atoms with Crippen LogP contribution < -0.4 is 5.32 Å². The molecule has 0 saturated carbocycles. The van der Waals surface area contributed by atoms with Crippen molar-refractivity contribution in [1.82, 2.24) is 5.32 Å². The van der Waals surface area contributed by atoms with E-state index in [1.165, 1.54) is 0 Å². The van der Waals surface area contributed by atoms with Gasteiger partial charge in [0.2, 0.25) is 11.7 Å². The van der Waals surface area contributed by atoms with Crippen molar-refractivity contribution in [1.29, 1.82) is 0 Å². The average molecular weight is 371 g/mol. The number of aliphatic hydroxyl groups is 5. The van der Waals surface area contributed by atoms with Gasteiger partial charge >= 0.3 is 0 Å². The van der Waals surface area contributed by atoms with E-state index in [1.807, 2.05) is 0 Å². The van der Waals surface area contributed by atoms with Crippen molar-refractivity contribution in [2.75, 3.05) is 45.3 Å². The maximum Gasteiger partial charge on any atom is 0.246 e. The highest BCUT2D eigenvalue weighted by Gasteiger charge is 2.52. The van der Waals surface area contributed by atoms with Crippen LogP contribution >= 0.6 is 12.6 Å². The molecule has 142 valence electrons. The predicted octanol–water partition coefficient (Wildman–Crippen LogP) is -3.77. The van der Waals surface area contributed by atoms with Crippen LogP contribution in [0.25, 0.3) is 0 Å². The van der Waals surface area contributed by atoms with Crippen LogP contribution in [0, 0.1) is 0 Å². The molecule has 1 saturated heterocycles. The lowest BCUT2D eigenvalue weighted by molar-refractivity contribution is -0.345. The number of hydrogen-bond donors (Lipinski definition) is 7. The molecule has 0 aromatic heterocycles. The molecule has 5 atom stereocenters. The minimum Gasteiger partial charge on any atom is -0.394 e. The van der Waals surface area contributed by atoms with Crippen LogP contribution in [-0.2, 0) is 19.0 Å². The van der Waals surface area contributed by atoms with Crippen molar-refractivity contribution in [2.24, 2.45) is 0 Å². The summed E-state index contributed by atoms with van der Waals surface area (Å²) in [5, 5.41) is 50.7. The van der Waals surface area contributed by atoms with Crippen LogP contribution in [0.4, 0.5) is 0 Å². The van der Waals surface area contributed by atoms with E-state index in [9.17, 15) is 25.2 Å². The first-order chi connectivity index (χ1) is 11.4. The molecule has 1 fully saturated rings. The van der Waals surface area contributed by atoms with Gasteiger partial charge in [0.05, 0.1) is 33.0 Å². The maximum atomic E-state index is 11.6.